The van der Waals surface area contributed by atoms with Crippen LogP contribution >= 0.6 is 0 Å². The Bertz CT molecular complexity index is 211. The molecule has 74 valence electrons. The lowest BCUT2D eigenvalue weighted by Gasteiger charge is -2.39. The van der Waals surface area contributed by atoms with Gasteiger partial charge in [-0.1, -0.05) is 13.8 Å². The number of carbonyl (C=O) groups is 1. The molecule has 0 amide bonds. The van der Waals surface area contributed by atoms with Crippen molar-refractivity contribution in [3.05, 3.63) is 11.6 Å². The molecule has 0 unspecified atom stereocenters. The molecule has 1 saturated heterocycles. The third-order valence-corrected chi connectivity index (χ3v) is 2.60. The molecule has 0 aromatic rings. The zero-order valence-corrected chi connectivity index (χ0v) is 8.29. The van der Waals surface area contributed by atoms with E-state index in [1.54, 1.807) is 0 Å². The van der Waals surface area contributed by atoms with Gasteiger partial charge in [-0.3, -0.25) is 4.90 Å². The number of hydrogen-bond acceptors (Lipinski definition) is 2. The third-order valence-electron chi connectivity index (χ3n) is 2.60. The van der Waals surface area contributed by atoms with Gasteiger partial charge in [-0.05, 0) is 18.4 Å². The molecule has 0 atom stereocenters. The fraction of sp³-hybridized carbons (Fsp3) is 0.700. The zero-order valence-electron chi connectivity index (χ0n) is 8.29. The lowest BCUT2D eigenvalue weighted by atomic mass is 10.0. The first-order chi connectivity index (χ1) is 6.17. The van der Waals surface area contributed by atoms with Crippen LogP contribution in [-0.4, -0.2) is 35.1 Å². The van der Waals surface area contributed by atoms with Crippen molar-refractivity contribution < 1.29 is 9.90 Å². The van der Waals surface area contributed by atoms with E-state index in [1.165, 1.54) is 6.08 Å². The maximum Gasteiger partial charge on any atom is 0.328 e. The molecule has 0 aromatic carbocycles. The van der Waals surface area contributed by atoms with Crippen molar-refractivity contribution in [1.82, 2.24) is 4.90 Å². The van der Waals surface area contributed by atoms with Gasteiger partial charge in [0.1, 0.15) is 0 Å². The Morgan fingerprint density at radius 1 is 1.54 bits per heavy atom. The molecule has 13 heavy (non-hydrogen) atoms. The molecule has 1 fully saturated rings. The molecule has 1 heterocycles. The number of nitrogens with zero attached hydrogens (tertiary/aromatic N) is 1. The van der Waals surface area contributed by atoms with Crippen LogP contribution < -0.4 is 0 Å². The molecule has 1 aliphatic heterocycles. The maximum absolute atomic E-state index is 10.3. The molecule has 3 heteroatoms. The number of likely N-dealkylation sites (tertiary alicyclic amines) is 1. The van der Waals surface area contributed by atoms with Crippen molar-refractivity contribution >= 4 is 5.97 Å². The van der Waals surface area contributed by atoms with Crippen molar-refractivity contribution in [3.8, 4) is 0 Å². The van der Waals surface area contributed by atoms with Gasteiger partial charge < -0.3 is 5.11 Å². The zero-order chi connectivity index (χ0) is 9.84. The highest BCUT2D eigenvalue weighted by Gasteiger charge is 2.25. The van der Waals surface area contributed by atoms with E-state index >= 15 is 0 Å². The maximum atomic E-state index is 10.3. The highest BCUT2D eigenvalue weighted by atomic mass is 16.4. The minimum atomic E-state index is -0.820. The van der Waals surface area contributed by atoms with Gasteiger partial charge in [0.05, 0.1) is 0 Å². The molecule has 1 aliphatic rings. The number of carboxylic acid groups (broad SMARTS) is 1. The van der Waals surface area contributed by atoms with E-state index in [9.17, 15) is 4.79 Å². The largest absolute Gasteiger partial charge is 0.478 e. The molecule has 0 radical (unpaired) electrons. The van der Waals surface area contributed by atoms with Crippen LogP contribution in [0.1, 0.15) is 26.7 Å². The summed E-state index contributed by atoms with van der Waals surface area (Å²) in [5, 5.41) is 8.49. The summed E-state index contributed by atoms with van der Waals surface area (Å²) in [5.74, 6) is -0.820. The van der Waals surface area contributed by atoms with E-state index in [-0.39, 0.29) is 0 Å². The van der Waals surface area contributed by atoms with Crippen LogP contribution in [0.4, 0.5) is 0 Å². The van der Waals surface area contributed by atoms with Gasteiger partial charge in [-0.15, -0.1) is 0 Å². The average molecular weight is 183 g/mol. The monoisotopic (exact) mass is 183 g/mol. The Hall–Kier alpha value is -0.830. The number of carboxylic acids is 1. The van der Waals surface area contributed by atoms with Crippen LogP contribution in [-0.2, 0) is 4.79 Å². The number of aliphatic carboxylic acids is 1. The Kier molecular flexibility index (Phi) is 3.48. The van der Waals surface area contributed by atoms with Crippen molar-refractivity contribution in [2.45, 2.75) is 32.7 Å². The molecule has 0 aromatic heterocycles. The second-order valence-electron chi connectivity index (χ2n) is 3.52. The molecular weight excluding hydrogens is 166 g/mol. The predicted molar refractivity (Wildman–Crippen MR) is 51.7 cm³/mol. The van der Waals surface area contributed by atoms with Crippen molar-refractivity contribution in [2.75, 3.05) is 13.1 Å². The lowest BCUT2D eigenvalue weighted by molar-refractivity contribution is -0.131. The standard InChI is InChI=1S/C10H17NO2/c1-3-9(4-2)11-6-8(7-11)5-10(12)13/h5,9H,3-4,6-7H2,1-2H3,(H,12,13). The van der Waals surface area contributed by atoms with E-state index in [4.69, 9.17) is 5.11 Å². The van der Waals surface area contributed by atoms with Gasteiger partial charge in [0, 0.05) is 25.2 Å². The van der Waals surface area contributed by atoms with Crippen LogP contribution in [0.25, 0.3) is 0 Å². The minimum Gasteiger partial charge on any atom is -0.478 e. The molecule has 0 saturated carbocycles. The molecule has 1 rings (SSSR count). The van der Waals surface area contributed by atoms with Gasteiger partial charge in [0.15, 0.2) is 0 Å². The van der Waals surface area contributed by atoms with E-state index in [1.807, 2.05) is 0 Å². The van der Waals surface area contributed by atoms with Gasteiger partial charge in [0.2, 0.25) is 0 Å². The summed E-state index contributed by atoms with van der Waals surface area (Å²) in [5.41, 5.74) is 1.04. The molecule has 0 spiro atoms. The minimum absolute atomic E-state index is 0.631. The van der Waals surface area contributed by atoms with Crippen molar-refractivity contribution in [3.63, 3.8) is 0 Å². The van der Waals surface area contributed by atoms with Gasteiger partial charge >= 0.3 is 5.97 Å². The first-order valence-corrected chi connectivity index (χ1v) is 4.83. The summed E-state index contributed by atoms with van der Waals surface area (Å²) in [7, 11) is 0. The average Bonchev–Trinajstić information content (AvgIpc) is 2.01. The summed E-state index contributed by atoms with van der Waals surface area (Å²) >= 11 is 0. The van der Waals surface area contributed by atoms with Gasteiger partial charge in [-0.25, -0.2) is 4.79 Å². The van der Waals surface area contributed by atoms with Gasteiger partial charge in [-0.2, -0.15) is 0 Å². The normalized spacial score (nSPS) is 17.3. The van der Waals surface area contributed by atoms with Crippen LogP contribution in [0, 0.1) is 0 Å². The SMILES string of the molecule is CCC(CC)N1CC(=CC(=O)O)C1. The number of hydrogen-bond donors (Lipinski definition) is 1. The molecular formula is C10H17NO2. The highest BCUT2D eigenvalue weighted by Crippen LogP contribution is 2.20. The Balaban J connectivity index is 2.36. The Labute approximate surface area is 79.0 Å². The quantitative estimate of drug-likeness (QED) is 0.671. The van der Waals surface area contributed by atoms with E-state index < -0.39 is 5.97 Å². The van der Waals surface area contributed by atoms with E-state index in [0.717, 1.165) is 31.5 Å². The van der Waals surface area contributed by atoms with E-state index in [0.29, 0.717) is 6.04 Å². The second kappa shape index (κ2) is 4.42. The van der Waals surface area contributed by atoms with Crippen LogP contribution in [0.3, 0.4) is 0 Å². The summed E-state index contributed by atoms with van der Waals surface area (Å²) < 4.78 is 0. The van der Waals surface area contributed by atoms with Crippen LogP contribution in [0.15, 0.2) is 11.6 Å². The van der Waals surface area contributed by atoms with Crippen LogP contribution in [0.2, 0.25) is 0 Å². The van der Waals surface area contributed by atoms with Gasteiger partial charge in [0.25, 0.3) is 0 Å². The molecule has 1 N–H and O–H groups in total. The highest BCUT2D eigenvalue weighted by molar-refractivity contribution is 5.81. The second-order valence-corrected chi connectivity index (χ2v) is 3.52. The topological polar surface area (TPSA) is 40.5 Å². The Morgan fingerprint density at radius 2 is 2.08 bits per heavy atom. The summed E-state index contributed by atoms with van der Waals surface area (Å²) in [6, 6.07) is 0.631. The third kappa shape index (κ3) is 2.56. The fourth-order valence-electron chi connectivity index (χ4n) is 1.80. The van der Waals surface area contributed by atoms with E-state index in [2.05, 4.69) is 18.7 Å². The molecule has 3 nitrogen and oxygen atoms in total. The summed E-state index contributed by atoms with van der Waals surface area (Å²) in [6.45, 7) is 6.04. The first-order valence-electron chi connectivity index (χ1n) is 4.83. The summed E-state index contributed by atoms with van der Waals surface area (Å²) in [6.07, 6.45) is 3.63. The Morgan fingerprint density at radius 3 is 2.46 bits per heavy atom. The first kappa shape index (κ1) is 10.3. The van der Waals surface area contributed by atoms with Crippen molar-refractivity contribution in [1.29, 1.82) is 0 Å². The lowest BCUT2D eigenvalue weighted by Crippen LogP contribution is -2.46. The smallest absolute Gasteiger partial charge is 0.328 e. The predicted octanol–water partition coefficient (Wildman–Crippen LogP) is 1.50. The van der Waals surface area contributed by atoms with Crippen molar-refractivity contribution in [2.24, 2.45) is 0 Å². The fourth-order valence-corrected chi connectivity index (χ4v) is 1.80. The summed E-state index contributed by atoms with van der Waals surface area (Å²) in [4.78, 5) is 12.7. The molecule has 0 bridgehead atoms. The molecule has 0 aliphatic carbocycles. The number of rotatable bonds is 4. The van der Waals surface area contributed by atoms with Crippen LogP contribution in [0.5, 0.6) is 0 Å².